The first-order valence-electron chi connectivity index (χ1n) is 4.63. The van der Waals surface area contributed by atoms with Crippen molar-refractivity contribution in [3.05, 3.63) is 10.8 Å². The van der Waals surface area contributed by atoms with Crippen LogP contribution in [0, 0.1) is 0 Å². The van der Waals surface area contributed by atoms with Gasteiger partial charge in [-0.25, -0.2) is 9.97 Å². The monoisotopic (exact) mass is 274 g/mol. The molecule has 0 aliphatic heterocycles. The molecule has 0 saturated heterocycles. The normalized spacial score (nSPS) is 12.3. The molecule has 0 spiro atoms. The van der Waals surface area contributed by atoms with Gasteiger partial charge in [0.2, 0.25) is 0 Å². The van der Waals surface area contributed by atoms with Gasteiger partial charge < -0.3 is 15.3 Å². The third kappa shape index (κ3) is 3.04. The number of hydrogen-bond acceptors (Lipinski definition) is 5. The first-order valence-corrected chi connectivity index (χ1v) is 5.43. The van der Waals surface area contributed by atoms with Gasteiger partial charge in [-0.3, -0.25) is 0 Å². The molecule has 1 unspecified atom stereocenters. The molecule has 1 rings (SSSR count). The zero-order valence-corrected chi connectivity index (χ0v) is 10.6. The third-order valence-electron chi connectivity index (χ3n) is 1.91. The van der Waals surface area contributed by atoms with Gasteiger partial charge in [-0.05, 0) is 22.9 Å². The second-order valence-corrected chi connectivity index (χ2v) is 4.13. The number of anilines is 2. The van der Waals surface area contributed by atoms with Crippen LogP contribution in [0.15, 0.2) is 10.8 Å². The van der Waals surface area contributed by atoms with Gasteiger partial charge >= 0.3 is 0 Å². The second-order valence-electron chi connectivity index (χ2n) is 3.34. The van der Waals surface area contributed by atoms with Gasteiger partial charge in [0.15, 0.2) is 0 Å². The van der Waals surface area contributed by atoms with Gasteiger partial charge in [-0.1, -0.05) is 0 Å². The summed E-state index contributed by atoms with van der Waals surface area (Å²) in [6, 6.07) is 0. The largest absolute Gasteiger partial charge is 0.392 e. The van der Waals surface area contributed by atoms with E-state index in [2.05, 4.69) is 31.2 Å². The number of hydrogen-bond donors (Lipinski definition) is 2. The van der Waals surface area contributed by atoms with Gasteiger partial charge in [-0.15, -0.1) is 0 Å². The van der Waals surface area contributed by atoms with Crippen molar-refractivity contribution in [2.24, 2.45) is 0 Å². The fourth-order valence-electron chi connectivity index (χ4n) is 1.28. The minimum atomic E-state index is -0.394. The predicted molar refractivity (Wildman–Crippen MR) is 64.2 cm³/mol. The number of aliphatic hydroxyl groups excluding tert-OH is 1. The topological polar surface area (TPSA) is 61.3 Å². The van der Waals surface area contributed by atoms with Gasteiger partial charge in [0, 0.05) is 20.6 Å². The van der Waals surface area contributed by atoms with Crippen LogP contribution in [0.3, 0.4) is 0 Å². The molecule has 0 saturated carbocycles. The molecular formula is C9H15BrN4O. The summed E-state index contributed by atoms with van der Waals surface area (Å²) in [6.07, 6.45) is 1.10. The Morgan fingerprint density at radius 2 is 2.27 bits per heavy atom. The van der Waals surface area contributed by atoms with Gasteiger partial charge in [0.05, 0.1) is 6.10 Å². The zero-order chi connectivity index (χ0) is 11.4. The smallest absolute Gasteiger partial charge is 0.148 e. The van der Waals surface area contributed by atoms with Crippen molar-refractivity contribution in [3.8, 4) is 0 Å². The lowest BCUT2D eigenvalue weighted by Crippen LogP contribution is -2.28. The minimum absolute atomic E-state index is 0.394. The van der Waals surface area contributed by atoms with Crippen molar-refractivity contribution < 1.29 is 5.11 Å². The van der Waals surface area contributed by atoms with Crippen molar-refractivity contribution in [3.63, 3.8) is 0 Å². The summed E-state index contributed by atoms with van der Waals surface area (Å²) in [4.78, 5) is 10.1. The first kappa shape index (κ1) is 12.2. The molecule has 0 aromatic carbocycles. The molecule has 2 N–H and O–H groups in total. The number of nitrogens with zero attached hydrogens (tertiary/aromatic N) is 3. The van der Waals surface area contributed by atoms with Crippen LogP contribution >= 0.6 is 15.9 Å². The van der Waals surface area contributed by atoms with E-state index in [1.807, 2.05) is 11.9 Å². The lowest BCUT2D eigenvalue weighted by molar-refractivity contribution is 0.201. The van der Waals surface area contributed by atoms with Crippen LogP contribution in [0.5, 0.6) is 0 Å². The van der Waals surface area contributed by atoms with E-state index < -0.39 is 6.10 Å². The average molecular weight is 275 g/mol. The van der Waals surface area contributed by atoms with E-state index in [0.717, 1.165) is 16.1 Å². The highest BCUT2D eigenvalue weighted by Gasteiger charge is 2.12. The summed E-state index contributed by atoms with van der Waals surface area (Å²) in [7, 11) is 3.67. The van der Waals surface area contributed by atoms with Crippen molar-refractivity contribution in [1.82, 2.24) is 9.97 Å². The van der Waals surface area contributed by atoms with Crippen molar-refractivity contribution in [2.45, 2.75) is 13.0 Å². The van der Waals surface area contributed by atoms with Crippen molar-refractivity contribution in [1.29, 1.82) is 0 Å². The summed E-state index contributed by atoms with van der Waals surface area (Å²) in [5.74, 6) is 1.49. The third-order valence-corrected chi connectivity index (χ3v) is 2.64. The van der Waals surface area contributed by atoms with Crippen LogP contribution in [-0.2, 0) is 0 Å². The number of aliphatic hydroxyl groups is 1. The van der Waals surface area contributed by atoms with Gasteiger partial charge in [0.1, 0.15) is 22.4 Å². The molecule has 0 aliphatic rings. The Hall–Kier alpha value is -0.880. The van der Waals surface area contributed by atoms with Crippen LogP contribution < -0.4 is 10.2 Å². The number of halogens is 1. The highest BCUT2D eigenvalue weighted by atomic mass is 79.9. The molecule has 84 valence electrons. The molecule has 1 aromatic heterocycles. The molecule has 0 fully saturated rings. The van der Waals surface area contributed by atoms with Crippen LogP contribution in [0.1, 0.15) is 6.92 Å². The molecule has 0 aliphatic carbocycles. The molecular weight excluding hydrogens is 260 g/mol. The van der Waals surface area contributed by atoms with E-state index >= 15 is 0 Å². The molecule has 6 heteroatoms. The van der Waals surface area contributed by atoms with Crippen LogP contribution in [0.4, 0.5) is 11.6 Å². The van der Waals surface area contributed by atoms with E-state index in [1.165, 1.54) is 6.33 Å². The molecule has 5 nitrogen and oxygen atoms in total. The second kappa shape index (κ2) is 5.27. The van der Waals surface area contributed by atoms with Crippen molar-refractivity contribution in [2.75, 3.05) is 30.9 Å². The van der Waals surface area contributed by atoms with Crippen LogP contribution in [-0.4, -0.2) is 41.8 Å². The fourth-order valence-corrected chi connectivity index (χ4v) is 1.99. The summed E-state index contributed by atoms with van der Waals surface area (Å²) in [5, 5.41) is 12.2. The molecule has 0 amide bonds. The van der Waals surface area contributed by atoms with E-state index in [9.17, 15) is 5.11 Å². The molecule has 1 aromatic rings. The Morgan fingerprint density at radius 3 is 2.80 bits per heavy atom. The number of aromatic nitrogens is 2. The van der Waals surface area contributed by atoms with Gasteiger partial charge in [0.25, 0.3) is 0 Å². The molecule has 1 heterocycles. The quantitative estimate of drug-likeness (QED) is 0.861. The van der Waals surface area contributed by atoms with Gasteiger partial charge in [-0.2, -0.15) is 0 Å². The highest BCUT2D eigenvalue weighted by Crippen LogP contribution is 2.28. The van der Waals surface area contributed by atoms with E-state index in [-0.39, 0.29) is 0 Å². The Morgan fingerprint density at radius 1 is 1.60 bits per heavy atom. The standard InChI is InChI=1S/C9H15BrN4O/c1-6(15)4-14(3)9-7(10)8(11-2)12-5-13-9/h5-6,15H,4H2,1-3H3,(H,11,12,13). The molecule has 0 radical (unpaired) electrons. The summed E-state index contributed by atoms with van der Waals surface area (Å²) in [5.41, 5.74) is 0. The molecule has 1 atom stereocenters. The Kier molecular flexibility index (Phi) is 4.28. The Labute approximate surface area is 97.7 Å². The maximum atomic E-state index is 9.29. The summed E-state index contributed by atoms with van der Waals surface area (Å²) < 4.78 is 0.802. The number of nitrogens with one attached hydrogen (secondary N) is 1. The first-order chi connectivity index (χ1) is 7.06. The lowest BCUT2D eigenvalue weighted by Gasteiger charge is -2.21. The lowest BCUT2D eigenvalue weighted by atomic mass is 10.3. The fraction of sp³-hybridized carbons (Fsp3) is 0.556. The summed E-state index contributed by atoms with van der Waals surface area (Å²) in [6.45, 7) is 2.27. The molecule has 15 heavy (non-hydrogen) atoms. The van der Waals surface area contributed by atoms with Crippen LogP contribution in [0.2, 0.25) is 0 Å². The Balaban J connectivity index is 2.93. The average Bonchev–Trinajstić information content (AvgIpc) is 2.17. The predicted octanol–water partition coefficient (Wildman–Crippen LogP) is 1.10. The highest BCUT2D eigenvalue weighted by molar-refractivity contribution is 9.10. The Bertz CT molecular complexity index is 332. The molecule has 0 bridgehead atoms. The maximum Gasteiger partial charge on any atom is 0.148 e. The number of likely N-dealkylation sites (N-methyl/N-ethyl adjacent to an activating group) is 1. The van der Waals surface area contributed by atoms with Crippen molar-refractivity contribution >= 4 is 27.6 Å². The SMILES string of the molecule is CNc1ncnc(N(C)CC(C)O)c1Br. The van der Waals surface area contributed by atoms with E-state index in [1.54, 1.807) is 14.0 Å². The zero-order valence-electron chi connectivity index (χ0n) is 9.03. The maximum absolute atomic E-state index is 9.29. The summed E-state index contributed by atoms with van der Waals surface area (Å²) >= 11 is 3.42. The van der Waals surface area contributed by atoms with E-state index in [4.69, 9.17) is 0 Å². The van der Waals surface area contributed by atoms with E-state index in [0.29, 0.717) is 6.54 Å². The minimum Gasteiger partial charge on any atom is -0.392 e. The number of rotatable bonds is 4. The van der Waals surface area contributed by atoms with Crippen LogP contribution in [0.25, 0.3) is 0 Å².